The molecule has 18 nitrogen and oxygen atoms in total. The highest BCUT2D eigenvalue weighted by Crippen LogP contribution is 2.27. The lowest BCUT2D eigenvalue weighted by Gasteiger charge is -2.40. The summed E-state index contributed by atoms with van der Waals surface area (Å²) in [5.41, 5.74) is 1.45. The number of esters is 1. The van der Waals surface area contributed by atoms with Crippen molar-refractivity contribution in [3.63, 3.8) is 0 Å². The fourth-order valence-electron chi connectivity index (χ4n) is 8.20. The van der Waals surface area contributed by atoms with Crippen molar-refractivity contribution in [3.05, 3.63) is 89.7 Å². The first kappa shape index (κ1) is 45.7. The number of amides is 6. The van der Waals surface area contributed by atoms with Crippen molar-refractivity contribution in [3.8, 4) is 5.75 Å². The number of ether oxygens (including phenoxy) is 1. The third-order valence-corrected chi connectivity index (χ3v) is 11.8. The number of Topliss-reactive ketones (excluding diaryl/α,β-unsaturated/α-hetero) is 1. The molecule has 0 radical (unpaired) electrons. The van der Waals surface area contributed by atoms with Gasteiger partial charge in [-0.25, -0.2) is 9.78 Å². The molecule has 0 bridgehead atoms. The zero-order valence-electron chi connectivity index (χ0n) is 36.0. The quantitative estimate of drug-likeness (QED) is 0.247. The van der Waals surface area contributed by atoms with Crippen LogP contribution >= 0.6 is 0 Å². The summed E-state index contributed by atoms with van der Waals surface area (Å²) in [5.74, 6) is -6.33. The second-order valence-corrected chi connectivity index (χ2v) is 16.2. The Morgan fingerprint density at radius 2 is 1.57 bits per heavy atom. The van der Waals surface area contributed by atoms with Gasteiger partial charge in [-0.05, 0) is 61.6 Å². The lowest BCUT2D eigenvalue weighted by atomic mass is 9.95. The van der Waals surface area contributed by atoms with Gasteiger partial charge in [0, 0.05) is 65.4 Å². The molecule has 0 unspecified atom stereocenters. The number of nitrogens with zero attached hydrogens (tertiary/aromatic N) is 5. The van der Waals surface area contributed by atoms with Gasteiger partial charge in [0.2, 0.25) is 29.5 Å². The van der Waals surface area contributed by atoms with Crippen molar-refractivity contribution in [2.75, 3.05) is 39.1 Å². The summed E-state index contributed by atoms with van der Waals surface area (Å²) in [6, 6.07) is 10.1. The first-order valence-electron chi connectivity index (χ1n) is 21.1. The first-order chi connectivity index (χ1) is 30.1. The van der Waals surface area contributed by atoms with Crippen LogP contribution in [0.15, 0.2) is 72.9 Å². The van der Waals surface area contributed by atoms with E-state index in [2.05, 4.69) is 20.9 Å². The van der Waals surface area contributed by atoms with Gasteiger partial charge in [-0.2, -0.15) is 0 Å². The summed E-state index contributed by atoms with van der Waals surface area (Å²) >= 11 is 0. The number of cyclic esters (lactones) is 1. The fourth-order valence-corrected chi connectivity index (χ4v) is 8.20. The van der Waals surface area contributed by atoms with Crippen LogP contribution in [0.1, 0.15) is 73.6 Å². The molecule has 0 spiro atoms. The lowest BCUT2D eigenvalue weighted by molar-refractivity contribution is -0.156. The van der Waals surface area contributed by atoms with Crippen molar-refractivity contribution < 1.29 is 48.2 Å². The number of likely N-dealkylation sites (N-methyl/N-ethyl adjacent to an activating group) is 1. The van der Waals surface area contributed by atoms with Crippen LogP contribution in [0.25, 0.3) is 0 Å². The van der Waals surface area contributed by atoms with Crippen LogP contribution in [0.3, 0.4) is 0 Å². The molecule has 4 N–H and O–H groups in total. The highest BCUT2D eigenvalue weighted by molar-refractivity contribution is 6.01. The SMILES string of the molecule is CC[C@@H]1NC(=O)[C@@H](NC(=O)c2ncccc2O)[C@@H](C)OC(=O)[C@@H](c2ccccc2)NC(=O)[C@H]2CC(=O)CCN2C(=O)[C@@H](Cc2ccc(N(C)C)cc2)N(C)C(=O)[C@@H]2CCCN2C1=O. The maximum absolute atomic E-state index is 15.0. The number of pyridine rings is 1. The molecule has 7 atom stereocenters. The van der Waals surface area contributed by atoms with E-state index in [0.717, 1.165) is 5.69 Å². The Morgan fingerprint density at radius 3 is 2.24 bits per heavy atom. The minimum Gasteiger partial charge on any atom is -0.505 e. The van der Waals surface area contributed by atoms with E-state index in [1.807, 2.05) is 43.3 Å². The predicted octanol–water partition coefficient (Wildman–Crippen LogP) is 1.27. The standard InChI is InChI=1S/C45H54N8O10/c1-6-31-42(59)52-22-11-14-32(52)43(60)51(5)34(24-27-16-18-29(19-17-27)50(3)4)44(61)53-23-20-30(54)25-33(53)39(56)49-37(28-12-8-7-9-13-28)45(62)63-26(2)36(40(57)47-31)48-41(58)38-35(55)15-10-21-46-38/h7-10,12-13,15-19,21,26,31-34,36-37,55H,6,11,14,20,22-25H2,1-5H3,(H,47,57)(H,48,58)(H,49,56)/t26-,31+,32+,33-,34-,36+,37-/m1/s1. The number of hydrogen-bond donors (Lipinski definition) is 4. The maximum Gasteiger partial charge on any atom is 0.333 e. The highest BCUT2D eigenvalue weighted by Gasteiger charge is 2.45. The summed E-state index contributed by atoms with van der Waals surface area (Å²) in [6.07, 6.45) is 0.175. The summed E-state index contributed by atoms with van der Waals surface area (Å²) in [4.78, 5) is 123. The van der Waals surface area contributed by atoms with Crippen molar-refractivity contribution >= 4 is 52.9 Å². The molecule has 63 heavy (non-hydrogen) atoms. The topological polar surface area (TPSA) is 228 Å². The Labute approximate surface area is 365 Å². The molecule has 18 heteroatoms. The molecule has 3 aliphatic heterocycles. The van der Waals surface area contributed by atoms with Crippen LogP contribution in [-0.2, 0) is 44.7 Å². The third-order valence-electron chi connectivity index (χ3n) is 11.8. The number of hydrogen-bond acceptors (Lipinski definition) is 12. The van der Waals surface area contributed by atoms with Crippen LogP contribution in [0.4, 0.5) is 5.69 Å². The predicted molar refractivity (Wildman–Crippen MR) is 228 cm³/mol. The Balaban J connectivity index is 1.44. The molecule has 0 saturated carbocycles. The van der Waals surface area contributed by atoms with E-state index < -0.39 is 95.2 Å². The number of carbonyl (C=O) groups excluding carboxylic acids is 8. The fraction of sp³-hybridized carbons (Fsp3) is 0.444. The van der Waals surface area contributed by atoms with E-state index in [1.165, 1.54) is 47.0 Å². The van der Waals surface area contributed by atoms with Gasteiger partial charge >= 0.3 is 5.97 Å². The van der Waals surface area contributed by atoms with E-state index in [1.54, 1.807) is 37.3 Å². The number of carbonyl (C=O) groups is 8. The van der Waals surface area contributed by atoms with Gasteiger partial charge in [0.25, 0.3) is 5.91 Å². The summed E-state index contributed by atoms with van der Waals surface area (Å²) in [7, 11) is 5.25. The van der Waals surface area contributed by atoms with Crippen molar-refractivity contribution in [2.24, 2.45) is 0 Å². The van der Waals surface area contributed by atoms with Gasteiger partial charge in [0.05, 0.1) is 0 Å². The maximum atomic E-state index is 15.0. The lowest BCUT2D eigenvalue weighted by Crippen LogP contribution is -2.61. The summed E-state index contributed by atoms with van der Waals surface area (Å²) in [5, 5.41) is 18.2. The third kappa shape index (κ3) is 10.3. The van der Waals surface area contributed by atoms with Gasteiger partial charge in [0.1, 0.15) is 47.8 Å². The number of nitrogens with one attached hydrogen (secondary N) is 3. The first-order valence-corrected chi connectivity index (χ1v) is 21.1. The van der Waals surface area contributed by atoms with Crippen LogP contribution < -0.4 is 20.9 Å². The average molecular weight is 867 g/mol. The number of piperidine rings is 1. The summed E-state index contributed by atoms with van der Waals surface area (Å²) in [6.45, 7) is 3.02. The second-order valence-electron chi connectivity index (χ2n) is 16.2. The van der Waals surface area contributed by atoms with E-state index >= 15 is 0 Å². The van der Waals surface area contributed by atoms with E-state index in [0.29, 0.717) is 12.0 Å². The van der Waals surface area contributed by atoms with E-state index in [4.69, 9.17) is 4.74 Å². The molecule has 3 saturated heterocycles. The highest BCUT2D eigenvalue weighted by atomic mass is 16.5. The van der Waals surface area contributed by atoms with Gasteiger partial charge < -0.3 is 45.4 Å². The van der Waals surface area contributed by atoms with Crippen molar-refractivity contribution in [2.45, 2.75) is 94.7 Å². The number of ketones is 1. The van der Waals surface area contributed by atoms with Gasteiger partial charge in [-0.1, -0.05) is 49.4 Å². The zero-order chi connectivity index (χ0) is 45.5. The molecular weight excluding hydrogens is 813 g/mol. The number of aromatic hydroxyl groups is 1. The molecule has 6 rings (SSSR count). The van der Waals surface area contributed by atoms with Gasteiger partial charge in [-0.15, -0.1) is 0 Å². The average Bonchev–Trinajstić information content (AvgIpc) is 3.77. The van der Waals surface area contributed by atoms with Gasteiger partial charge in [0.15, 0.2) is 11.7 Å². The molecule has 6 amide bonds. The number of rotatable bonds is 7. The van der Waals surface area contributed by atoms with Crippen molar-refractivity contribution in [1.29, 1.82) is 0 Å². The molecule has 0 aliphatic carbocycles. The molecule has 3 aliphatic rings. The number of fused-ring (bicyclic) bond motifs is 2. The normalized spacial score (nSPS) is 25.4. The Hall–Kier alpha value is -6.85. The number of benzene rings is 2. The molecule has 3 aromatic rings. The van der Waals surface area contributed by atoms with Crippen LogP contribution in [0.5, 0.6) is 5.75 Å². The molecule has 2 aromatic carbocycles. The van der Waals surface area contributed by atoms with Crippen LogP contribution in [0.2, 0.25) is 0 Å². The summed E-state index contributed by atoms with van der Waals surface area (Å²) < 4.78 is 5.85. The van der Waals surface area contributed by atoms with Gasteiger partial charge in [-0.3, -0.25) is 33.6 Å². The van der Waals surface area contributed by atoms with Crippen LogP contribution in [0, 0.1) is 0 Å². The molecular formula is C45H54N8O10. The minimum atomic E-state index is -1.68. The molecule has 3 fully saturated rings. The smallest absolute Gasteiger partial charge is 0.333 e. The Morgan fingerprint density at radius 1 is 0.873 bits per heavy atom. The van der Waals surface area contributed by atoms with E-state index in [9.17, 15) is 43.5 Å². The minimum absolute atomic E-state index is 0.0299. The molecule has 1 aromatic heterocycles. The Bertz CT molecular complexity index is 2220. The number of anilines is 1. The molecule has 334 valence electrons. The monoisotopic (exact) mass is 866 g/mol. The van der Waals surface area contributed by atoms with E-state index in [-0.39, 0.29) is 56.5 Å². The Kier molecular flexibility index (Phi) is 14.4. The second kappa shape index (κ2) is 19.9. The zero-order valence-corrected chi connectivity index (χ0v) is 36.0. The van der Waals surface area contributed by atoms with Crippen molar-refractivity contribution in [1.82, 2.24) is 35.6 Å². The number of aromatic nitrogens is 1. The molecule has 4 heterocycles. The largest absolute Gasteiger partial charge is 0.505 e. The van der Waals surface area contributed by atoms with Crippen LogP contribution in [-0.4, -0.2) is 143 Å².